The van der Waals surface area contributed by atoms with Crippen molar-refractivity contribution in [3.8, 4) is 11.1 Å². The van der Waals surface area contributed by atoms with Crippen molar-refractivity contribution in [1.82, 2.24) is 0 Å². The Morgan fingerprint density at radius 2 is 1.56 bits per heavy atom. The van der Waals surface area contributed by atoms with Crippen LogP contribution in [-0.2, 0) is 16.0 Å². The van der Waals surface area contributed by atoms with E-state index in [2.05, 4.69) is 62.0 Å². The average molecular weight is 433 g/mol. The molecule has 0 amide bonds. The van der Waals surface area contributed by atoms with Crippen LogP contribution in [-0.4, -0.2) is 12.6 Å². The van der Waals surface area contributed by atoms with E-state index in [1.54, 1.807) is 0 Å². The molecule has 2 nitrogen and oxygen atoms in total. The van der Waals surface area contributed by atoms with Crippen molar-refractivity contribution in [3.63, 3.8) is 0 Å². The van der Waals surface area contributed by atoms with Gasteiger partial charge in [0.1, 0.15) is 0 Å². The van der Waals surface area contributed by atoms with E-state index in [9.17, 15) is 4.79 Å². The van der Waals surface area contributed by atoms with Crippen molar-refractivity contribution in [1.29, 1.82) is 0 Å². The van der Waals surface area contributed by atoms with E-state index in [1.165, 1.54) is 86.1 Å². The van der Waals surface area contributed by atoms with Gasteiger partial charge >= 0.3 is 5.97 Å². The number of aryl methyl sites for hydroxylation is 1. The third kappa shape index (κ3) is 7.65. The van der Waals surface area contributed by atoms with Crippen LogP contribution in [0.1, 0.15) is 88.2 Å². The Balaban J connectivity index is 1.41. The summed E-state index contributed by atoms with van der Waals surface area (Å²) in [6.07, 6.45) is 14.9. The van der Waals surface area contributed by atoms with E-state index in [4.69, 9.17) is 4.74 Å². The third-order valence-corrected chi connectivity index (χ3v) is 7.00. The van der Waals surface area contributed by atoms with Gasteiger partial charge in [-0.2, -0.15) is 0 Å². The second kappa shape index (κ2) is 13.3. The summed E-state index contributed by atoms with van der Waals surface area (Å²) in [5, 5.41) is 0. The van der Waals surface area contributed by atoms with Crippen LogP contribution in [0.5, 0.6) is 0 Å². The smallest absolute Gasteiger partial charge is 0.330 e. The molecule has 2 aromatic carbocycles. The van der Waals surface area contributed by atoms with E-state index < -0.39 is 0 Å². The quantitative estimate of drug-likeness (QED) is 0.192. The van der Waals surface area contributed by atoms with Gasteiger partial charge in [-0.1, -0.05) is 81.3 Å². The summed E-state index contributed by atoms with van der Waals surface area (Å²) in [6, 6.07) is 18.5. The fraction of sp³-hybridized carbons (Fsp3) is 0.500. The van der Waals surface area contributed by atoms with Gasteiger partial charge in [0, 0.05) is 6.08 Å². The summed E-state index contributed by atoms with van der Waals surface area (Å²) >= 11 is 0. The van der Waals surface area contributed by atoms with Crippen LogP contribution >= 0.6 is 0 Å². The van der Waals surface area contributed by atoms with Gasteiger partial charge in [0.15, 0.2) is 0 Å². The maximum atomic E-state index is 11.1. The number of rotatable bonds is 12. The van der Waals surface area contributed by atoms with Crippen molar-refractivity contribution in [2.24, 2.45) is 5.92 Å². The highest BCUT2D eigenvalue weighted by Crippen LogP contribution is 2.38. The molecule has 0 heterocycles. The van der Waals surface area contributed by atoms with Crippen molar-refractivity contribution >= 4 is 5.97 Å². The normalized spacial score (nSPS) is 18.3. The number of hydrogen-bond donors (Lipinski definition) is 0. The SMILES string of the molecule is C=CC(=O)OCCCCC1CCC(c2ccc(-c3ccc(CCCCC)cc3)cc2)CC1. The van der Waals surface area contributed by atoms with Crippen LogP contribution in [0.2, 0.25) is 0 Å². The lowest BCUT2D eigenvalue weighted by molar-refractivity contribution is -0.137. The maximum Gasteiger partial charge on any atom is 0.330 e. The minimum atomic E-state index is -0.309. The van der Waals surface area contributed by atoms with Gasteiger partial charge in [0.2, 0.25) is 0 Å². The molecule has 1 aliphatic rings. The molecule has 0 bridgehead atoms. The molecule has 0 aromatic heterocycles. The molecule has 2 aromatic rings. The number of esters is 1. The monoisotopic (exact) mass is 432 g/mol. The maximum absolute atomic E-state index is 11.1. The van der Waals surface area contributed by atoms with Crippen LogP contribution in [0.3, 0.4) is 0 Å². The molecule has 0 unspecified atom stereocenters. The molecule has 0 aliphatic heterocycles. The molecule has 0 spiro atoms. The summed E-state index contributed by atoms with van der Waals surface area (Å²) in [5.41, 5.74) is 5.59. The summed E-state index contributed by atoms with van der Waals surface area (Å²) in [4.78, 5) is 11.1. The van der Waals surface area contributed by atoms with Gasteiger partial charge in [-0.05, 0) is 85.5 Å². The molecule has 172 valence electrons. The Hall–Kier alpha value is -2.35. The van der Waals surface area contributed by atoms with Crippen LogP contribution < -0.4 is 0 Å². The van der Waals surface area contributed by atoms with Gasteiger partial charge in [-0.25, -0.2) is 4.79 Å². The Bertz CT molecular complexity index is 811. The lowest BCUT2D eigenvalue weighted by Gasteiger charge is -2.29. The number of hydrogen-bond acceptors (Lipinski definition) is 2. The molecular weight excluding hydrogens is 392 g/mol. The lowest BCUT2D eigenvalue weighted by atomic mass is 9.77. The molecule has 0 atom stereocenters. The van der Waals surface area contributed by atoms with Crippen molar-refractivity contribution in [2.75, 3.05) is 6.61 Å². The highest BCUT2D eigenvalue weighted by Gasteiger charge is 2.22. The number of carbonyl (C=O) groups excluding carboxylic acids is 1. The van der Waals surface area contributed by atoms with E-state index >= 15 is 0 Å². The minimum absolute atomic E-state index is 0.309. The third-order valence-electron chi connectivity index (χ3n) is 7.00. The highest BCUT2D eigenvalue weighted by molar-refractivity contribution is 5.81. The van der Waals surface area contributed by atoms with Crippen molar-refractivity contribution < 1.29 is 9.53 Å². The Labute approximate surface area is 195 Å². The van der Waals surface area contributed by atoms with Gasteiger partial charge in [-0.15, -0.1) is 0 Å². The van der Waals surface area contributed by atoms with Crippen LogP contribution in [0.4, 0.5) is 0 Å². The first-order valence-corrected chi connectivity index (χ1v) is 12.7. The number of unbranched alkanes of at least 4 members (excludes halogenated alkanes) is 3. The fourth-order valence-corrected chi connectivity index (χ4v) is 4.94. The van der Waals surface area contributed by atoms with Gasteiger partial charge in [0.25, 0.3) is 0 Å². The van der Waals surface area contributed by atoms with E-state index in [0.29, 0.717) is 12.5 Å². The second-order valence-electron chi connectivity index (χ2n) is 9.36. The second-order valence-corrected chi connectivity index (χ2v) is 9.36. The molecule has 0 saturated heterocycles. The molecule has 3 rings (SSSR count). The minimum Gasteiger partial charge on any atom is -0.463 e. The zero-order chi connectivity index (χ0) is 22.6. The van der Waals surface area contributed by atoms with Crippen LogP contribution in [0.25, 0.3) is 11.1 Å². The molecule has 32 heavy (non-hydrogen) atoms. The topological polar surface area (TPSA) is 26.3 Å². The Kier molecular flexibility index (Phi) is 10.1. The van der Waals surface area contributed by atoms with Crippen LogP contribution in [0, 0.1) is 5.92 Å². The summed E-state index contributed by atoms with van der Waals surface area (Å²) in [7, 11) is 0. The zero-order valence-corrected chi connectivity index (χ0v) is 19.9. The Morgan fingerprint density at radius 3 is 2.19 bits per heavy atom. The van der Waals surface area contributed by atoms with Crippen molar-refractivity contribution in [3.05, 3.63) is 72.3 Å². The first kappa shape index (κ1) is 24.3. The van der Waals surface area contributed by atoms with E-state index in [0.717, 1.165) is 18.8 Å². The van der Waals surface area contributed by atoms with Crippen LogP contribution in [0.15, 0.2) is 61.2 Å². The van der Waals surface area contributed by atoms with Gasteiger partial charge in [0.05, 0.1) is 6.61 Å². The predicted molar refractivity (Wildman–Crippen MR) is 135 cm³/mol. The molecular formula is C30H40O2. The predicted octanol–water partition coefficient (Wildman–Crippen LogP) is 8.26. The molecule has 0 N–H and O–H groups in total. The summed E-state index contributed by atoms with van der Waals surface area (Å²) in [6.45, 7) is 6.20. The van der Waals surface area contributed by atoms with Crippen molar-refractivity contribution in [2.45, 2.75) is 83.5 Å². The molecule has 1 aliphatic carbocycles. The summed E-state index contributed by atoms with van der Waals surface area (Å²) in [5.74, 6) is 1.22. The first-order chi connectivity index (χ1) is 15.7. The highest BCUT2D eigenvalue weighted by atomic mass is 16.5. The molecule has 0 radical (unpaired) electrons. The lowest BCUT2D eigenvalue weighted by Crippen LogP contribution is -2.13. The van der Waals surface area contributed by atoms with E-state index in [1.807, 2.05) is 0 Å². The zero-order valence-electron chi connectivity index (χ0n) is 19.9. The Morgan fingerprint density at radius 1 is 0.906 bits per heavy atom. The standard InChI is InChI=1S/C30H40O2/c1-3-5-6-9-24-11-15-26(16-12-24)28-19-21-29(22-20-28)27-17-13-25(14-18-27)10-7-8-23-32-30(31)4-2/h4,11-12,15-16,19-22,25,27H,2-3,5-10,13-14,17-18,23H2,1H3. The number of ether oxygens (including phenoxy) is 1. The average Bonchev–Trinajstić information content (AvgIpc) is 2.85. The first-order valence-electron chi connectivity index (χ1n) is 12.7. The van der Waals surface area contributed by atoms with Gasteiger partial charge < -0.3 is 4.74 Å². The summed E-state index contributed by atoms with van der Waals surface area (Å²) < 4.78 is 5.07. The van der Waals surface area contributed by atoms with Gasteiger partial charge in [-0.3, -0.25) is 0 Å². The molecule has 1 saturated carbocycles. The number of carbonyl (C=O) groups is 1. The molecule has 2 heteroatoms. The fourth-order valence-electron chi connectivity index (χ4n) is 4.94. The number of benzene rings is 2. The molecule has 1 fully saturated rings. The van der Waals surface area contributed by atoms with E-state index in [-0.39, 0.29) is 5.97 Å². The largest absolute Gasteiger partial charge is 0.463 e.